The lowest BCUT2D eigenvalue weighted by Crippen LogP contribution is -2.38. The van der Waals surface area contributed by atoms with Crippen LogP contribution in [0.3, 0.4) is 0 Å². The van der Waals surface area contributed by atoms with Crippen LogP contribution in [0.5, 0.6) is 0 Å². The third-order valence-electron chi connectivity index (χ3n) is 3.46. The molecule has 0 aromatic carbocycles. The van der Waals surface area contributed by atoms with Crippen LogP contribution in [0.15, 0.2) is 0 Å². The highest BCUT2D eigenvalue weighted by Gasteiger charge is 2.41. The normalized spacial score (nSPS) is 40.3. The number of rotatable bonds is 2. The van der Waals surface area contributed by atoms with Crippen molar-refractivity contribution >= 4 is 5.91 Å². The number of hydrogen-bond donors (Lipinski definition) is 1. The highest BCUT2D eigenvalue weighted by molar-refractivity contribution is 5.81. The molecule has 14 heavy (non-hydrogen) atoms. The minimum Gasteiger partial charge on any atom is -0.352 e. The Balaban J connectivity index is 1.85. The standard InChI is InChI=1S/C11H16N2O/c1-7-5-9(7)11(14)13-10-4-2-3-8(10)6-12/h7-10H,2-5H2,1H3,(H,13,14). The van der Waals surface area contributed by atoms with Crippen LogP contribution in [0.25, 0.3) is 0 Å². The molecule has 2 aliphatic rings. The minimum absolute atomic E-state index is 0.0491. The van der Waals surface area contributed by atoms with Gasteiger partial charge in [0, 0.05) is 12.0 Å². The van der Waals surface area contributed by atoms with Crippen molar-refractivity contribution in [2.24, 2.45) is 17.8 Å². The molecule has 0 aliphatic heterocycles. The average Bonchev–Trinajstić information content (AvgIpc) is 2.74. The molecule has 0 spiro atoms. The van der Waals surface area contributed by atoms with Crippen LogP contribution in [0.2, 0.25) is 0 Å². The Kier molecular flexibility index (Phi) is 2.45. The molecule has 0 aromatic heterocycles. The Morgan fingerprint density at radius 2 is 2.21 bits per heavy atom. The highest BCUT2D eigenvalue weighted by Crippen LogP contribution is 2.38. The van der Waals surface area contributed by atoms with Crippen molar-refractivity contribution in [3.05, 3.63) is 0 Å². The first kappa shape index (κ1) is 9.51. The Hall–Kier alpha value is -1.04. The summed E-state index contributed by atoms with van der Waals surface area (Å²) in [6, 6.07) is 2.40. The van der Waals surface area contributed by atoms with Crippen LogP contribution in [0.1, 0.15) is 32.6 Å². The summed E-state index contributed by atoms with van der Waals surface area (Å²) in [4.78, 5) is 11.6. The summed E-state index contributed by atoms with van der Waals surface area (Å²) < 4.78 is 0. The molecule has 2 fully saturated rings. The van der Waals surface area contributed by atoms with E-state index in [1.165, 1.54) is 0 Å². The summed E-state index contributed by atoms with van der Waals surface area (Å²) in [6.07, 6.45) is 4.02. The van der Waals surface area contributed by atoms with Crippen LogP contribution >= 0.6 is 0 Å². The van der Waals surface area contributed by atoms with Crippen molar-refractivity contribution in [3.8, 4) is 6.07 Å². The van der Waals surface area contributed by atoms with E-state index in [0.717, 1.165) is 25.7 Å². The third-order valence-corrected chi connectivity index (χ3v) is 3.46. The zero-order valence-corrected chi connectivity index (χ0v) is 8.49. The first-order chi connectivity index (χ1) is 6.72. The van der Waals surface area contributed by atoms with E-state index in [1.807, 2.05) is 0 Å². The van der Waals surface area contributed by atoms with E-state index in [1.54, 1.807) is 0 Å². The molecular formula is C11H16N2O. The maximum absolute atomic E-state index is 11.6. The van der Waals surface area contributed by atoms with E-state index >= 15 is 0 Å². The summed E-state index contributed by atoms with van der Waals surface area (Å²) in [5.74, 6) is 1.00. The average molecular weight is 192 g/mol. The number of carbonyl (C=O) groups excluding carboxylic acids is 1. The summed E-state index contributed by atoms with van der Waals surface area (Å²) in [5.41, 5.74) is 0. The molecule has 0 aromatic rings. The number of nitrogens with zero attached hydrogens (tertiary/aromatic N) is 1. The maximum atomic E-state index is 11.6. The highest BCUT2D eigenvalue weighted by atomic mass is 16.2. The van der Waals surface area contributed by atoms with Gasteiger partial charge in [0.1, 0.15) is 0 Å². The predicted molar refractivity (Wildman–Crippen MR) is 52.2 cm³/mol. The Morgan fingerprint density at radius 1 is 1.50 bits per heavy atom. The van der Waals surface area contributed by atoms with Crippen molar-refractivity contribution in [2.75, 3.05) is 0 Å². The Morgan fingerprint density at radius 3 is 2.79 bits per heavy atom. The second kappa shape index (κ2) is 3.61. The van der Waals surface area contributed by atoms with E-state index in [2.05, 4.69) is 18.3 Å². The van der Waals surface area contributed by atoms with Gasteiger partial charge >= 0.3 is 0 Å². The molecule has 2 saturated carbocycles. The van der Waals surface area contributed by atoms with Crippen LogP contribution in [-0.2, 0) is 4.79 Å². The molecule has 4 unspecified atom stereocenters. The molecule has 2 aliphatic carbocycles. The molecule has 1 amide bonds. The number of carbonyl (C=O) groups is 1. The van der Waals surface area contributed by atoms with Gasteiger partial charge in [-0.2, -0.15) is 5.26 Å². The van der Waals surface area contributed by atoms with Crippen LogP contribution in [0.4, 0.5) is 0 Å². The topological polar surface area (TPSA) is 52.9 Å². The van der Waals surface area contributed by atoms with Gasteiger partial charge in [0.05, 0.1) is 12.0 Å². The lowest BCUT2D eigenvalue weighted by Gasteiger charge is -2.15. The molecule has 0 bridgehead atoms. The number of hydrogen-bond acceptors (Lipinski definition) is 2. The fourth-order valence-corrected chi connectivity index (χ4v) is 2.26. The van der Waals surface area contributed by atoms with E-state index in [4.69, 9.17) is 5.26 Å². The molecule has 3 heteroatoms. The van der Waals surface area contributed by atoms with E-state index in [0.29, 0.717) is 5.92 Å². The maximum Gasteiger partial charge on any atom is 0.223 e. The SMILES string of the molecule is CC1CC1C(=O)NC1CCCC1C#N. The predicted octanol–water partition coefficient (Wildman–Crippen LogP) is 1.45. The van der Waals surface area contributed by atoms with E-state index in [9.17, 15) is 4.79 Å². The van der Waals surface area contributed by atoms with Gasteiger partial charge in [-0.05, 0) is 31.6 Å². The summed E-state index contributed by atoms with van der Waals surface area (Å²) >= 11 is 0. The molecule has 3 nitrogen and oxygen atoms in total. The largest absolute Gasteiger partial charge is 0.352 e. The van der Waals surface area contributed by atoms with Gasteiger partial charge in [-0.25, -0.2) is 0 Å². The lowest BCUT2D eigenvalue weighted by atomic mass is 10.1. The smallest absolute Gasteiger partial charge is 0.223 e. The number of amides is 1. The Labute approximate surface area is 84.5 Å². The van der Waals surface area contributed by atoms with Crippen molar-refractivity contribution in [2.45, 2.75) is 38.6 Å². The van der Waals surface area contributed by atoms with Crippen LogP contribution in [0, 0.1) is 29.1 Å². The molecule has 0 saturated heterocycles. The van der Waals surface area contributed by atoms with Gasteiger partial charge < -0.3 is 5.32 Å². The lowest BCUT2D eigenvalue weighted by molar-refractivity contribution is -0.123. The molecule has 2 rings (SSSR count). The van der Waals surface area contributed by atoms with E-state index in [-0.39, 0.29) is 23.8 Å². The van der Waals surface area contributed by atoms with Crippen LogP contribution < -0.4 is 5.32 Å². The van der Waals surface area contributed by atoms with Crippen molar-refractivity contribution < 1.29 is 4.79 Å². The number of nitriles is 1. The zero-order chi connectivity index (χ0) is 10.1. The monoisotopic (exact) mass is 192 g/mol. The van der Waals surface area contributed by atoms with E-state index < -0.39 is 0 Å². The van der Waals surface area contributed by atoms with Gasteiger partial charge in [0.2, 0.25) is 5.91 Å². The van der Waals surface area contributed by atoms with Gasteiger partial charge in [0.25, 0.3) is 0 Å². The van der Waals surface area contributed by atoms with Crippen LogP contribution in [-0.4, -0.2) is 11.9 Å². The molecular weight excluding hydrogens is 176 g/mol. The van der Waals surface area contributed by atoms with Gasteiger partial charge in [-0.15, -0.1) is 0 Å². The first-order valence-corrected chi connectivity index (χ1v) is 5.42. The molecule has 0 heterocycles. The molecule has 4 atom stereocenters. The van der Waals surface area contributed by atoms with Gasteiger partial charge in [0.15, 0.2) is 0 Å². The molecule has 76 valence electrons. The second-order valence-electron chi connectivity index (χ2n) is 4.60. The first-order valence-electron chi connectivity index (χ1n) is 5.42. The third kappa shape index (κ3) is 1.75. The fourth-order valence-electron chi connectivity index (χ4n) is 2.26. The zero-order valence-electron chi connectivity index (χ0n) is 8.49. The Bertz CT molecular complexity index is 282. The molecule has 0 radical (unpaired) electrons. The number of nitrogens with one attached hydrogen (secondary N) is 1. The van der Waals surface area contributed by atoms with Gasteiger partial charge in [-0.3, -0.25) is 4.79 Å². The van der Waals surface area contributed by atoms with Crippen molar-refractivity contribution in [1.29, 1.82) is 5.26 Å². The molecule has 1 N–H and O–H groups in total. The van der Waals surface area contributed by atoms with Crippen molar-refractivity contribution in [1.82, 2.24) is 5.32 Å². The summed E-state index contributed by atoms with van der Waals surface area (Å²) in [7, 11) is 0. The second-order valence-corrected chi connectivity index (χ2v) is 4.60. The fraction of sp³-hybridized carbons (Fsp3) is 0.818. The van der Waals surface area contributed by atoms with Crippen molar-refractivity contribution in [3.63, 3.8) is 0 Å². The van der Waals surface area contributed by atoms with Gasteiger partial charge in [-0.1, -0.05) is 6.92 Å². The summed E-state index contributed by atoms with van der Waals surface area (Å²) in [5, 5.41) is 11.9. The quantitative estimate of drug-likeness (QED) is 0.720. The summed E-state index contributed by atoms with van der Waals surface area (Å²) in [6.45, 7) is 2.10. The minimum atomic E-state index is 0.0491.